The Morgan fingerprint density at radius 2 is 1.83 bits per heavy atom. The highest BCUT2D eigenvalue weighted by Gasteiger charge is 2.23. The standard InChI is InChI=1S/C21H19ClFN3O3/c1-12-5-4-6-17(13(12)2)24-18(27)11-29-21(28)19-14(3)25-26(20(19)22)16-9-7-15(23)8-10-16/h4-10H,11H2,1-3H3,(H,24,27). The van der Waals surface area contributed by atoms with Crippen LogP contribution in [0.2, 0.25) is 5.15 Å². The highest BCUT2D eigenvalue weighted by atomic mass is 35.5. The molecule has 1 N–H and O–H groups in total. The Kier molecular flexibility index (Phi) is 5.98. The van der Waals surface area contributed by atoms with Crippen LogP contribution in [0.15, 0.2) is 42.5 Å². The minimum absolute atomic E-state index is 0.0223. The number of rotatable bonds is 5. The first-order valence-electron chi connectivity index (χ1n) is 8.82. The maximum atomic E-state index is 13.1. The summed E-state index contributed by atoms with van der Waals surface area (Å²) < 4.78 is 19.5. The van der Waals surface area contributed by atoms with E-state index in [2.05, 4.69) is 10.4 Å². The van der Waals surface area contributed by atoms with Crippen LogP contribution in [0.4, 0.5) is 10.1 Å². The van der Waals surface area contributed by atoms with Gasteiger partial charge in [0.05, 0.1) is 11.4 Å². The van der Waals surface area contributed by atoms with Crippen molar-refractivity contribution in [1.29, 1.82) is 0 Å². The third-order valence-corrected chi connectivity index (χ3v) is 4.84. The number of esters is 1. The van der Waals surface area contributed by atoms with Gasteiger partial charge in [0.25, 0.3) is 5.91 Å². The number of hydrogen-bond donors (Lipinski definition) is 1. The van der Waals surface area contributed by atoms with Crippen LogP contribution >= 0.6 is 11.6 Å². The molecule has 3 aromatic rings. The van der Waals surface area contributed by atoms with Crippen LogP contribution in [0.1, 0.15) is 27.2 Å². The van der Waals surface area contributed by atoms with E-state index >= 15 is 0 Å². The summed E-state index contributed by atoms with van der Waals surface area (Å²) in [6.07, 6.45) is 0. The Bertz CT molecular complexity index is 1080. The van der Waals surface area contributed by atoms with Crippen molar-refractivity contribution in [3.05, 3.63) is 75.8 Å². The van der Waals surface area contributed by atoms with Crippen molar-refractivity contribution in [2.24, 2.45) is 0 Å². The Labute approximate surface area is 172 Å². The summed E-state index contributed by atoms with van der Waals surface area (Å²) in [5.41, 5.74) is 3.51. The molecule has 0 aliphatic rings. The van der Waals surface area contributed by atoms with Crippen molar-refractivity contribution in [3.8, 4) is 5.69 Å². The molecule has 1 aromatic heterocycles. The summed E-state index contributed by atoms with van der Waals surface area (Å²) in [6, 6.07) is 11.0. The molecule has 1 amide bonds. The van der Waals surface area contributed by atoms with E-state index in [4.69, 9.17) is 16.3 Å². The number of carbonyl (C=O) groups is 2. The van der Waals surface area contributed by atoms with Crippen molar-refractivity contribution in [2.75, 3.05) is 11.9 Å². The minimum Gasteiger partial charge on any atom is -0.452 e. The van der Waals surface area contributed by atoms with Crippen LogP contribution in [0, 0.1) is 26.6 Å². The van der Waals surface area contributed by atoms with Gasteiger partial charge in [-0.1, -0.05) is 23.7 Å². The molecule has 2 aromatic carbocycles. The van der Waals surface area contributed by atoms with Crippen LogP contribution in [0.25, 0.3) is 5.69 Å². The van der Waals surface area contributed by atoms with Gasteiger partial charge in [0.2, 0.25) is 0 Å². The zero-order valence-electron chi connectivity index (χ0n) is 16.1. The second kappa shape index (κ2) is 8.45. The van der Waals surface area contributed by atoms with Crippen molar-refractivity contribution in [3.63, 3.8) is 0 Å². The first-order chi connectivity index (χ1) is 13.8. The van der Waals surface area contributed by atoms with Crippen molar-refractivity contribution < 1.29 is 18.7 Å². The second-order valence-corrected chi connectivity index (χ2v) is 6.87. The summed E-state index contributed by atoms with van der Waals surface area (Å²) in [4.78, 5) is 24.6. The third-order valence-electron chi connectivity index (χ3n) is 4.49. The average Bonchev–Trinajstić information content (AvgIpc) is 2.98. The molecule has 0 radical (unpaired) electrons. The van der Waals surface area contributed by atoms with Gasteiger partial charge in [-0.2, -0.15) is 5.10 Å². The van der Waals surface area contributed by atoms with E-state index in [1.54, 1.807) is 13.0 Å². The molecule has 0 aliphatic heterocycles. The van der Waals surface area contributed by atoms with Crippen LogP contribution in [-0.2, 0) is 9.53 Å². The summed E-state index contributed by atoms with van der Waals surface area (Å²) >= 11 is 6.29. The molecule has 0 atom stereocenters. The Morgan fingerprint density at radius 1 is 1.14 bits per heavy atom. The fourth-order valence-electron chi connectivity index (χ4n) is 2.76. The lowest BCUT2D eigenvalue weighted by molar-refractivity contribution is -0.119. The lowest BCUT2D eigenvalue weighted by Crippen LogP contribution is -2.21. The van der Waals surface area contributed by atoms with Gasteiger partial charge in [-0.15, -0.1) is 0 Å². The zero-order valence-corrected chi connectivity index (χ0v) is 16.9. The lowest BCUT2D eigenvalue weighted by atomic mass is 10.1. The van der Waals surface area contributed by atoms with Crippen LogP contribution in [0.5, 0.6) is 0 Å². The fraction of sp³-hybridized carbons (Fsp3) is 0.190. The SMILES string of the molecule is Cc1cccc(NC(=O)COC(=O)c2c(C)nn(-c3ccc(F)cc3)c2Cl)c1C. The Morgan fingerprint density at radius 3 is 2.52 bits per heavy atom. The van der Waals surface area contributed by atoms with Crippen LogP contribution < -0.4 is 5.32 Å². The van der Waals surface area contributed by atoms with Gasteiger partial charge in [0.1, 0.15) is 16.5 Å². The molecular weight excluding hydrogens is 397 g/mol. The molecule has 0 saturated heterocycles. The van der Waals surface area contributed by atoms with E-state index in [9.17, 15) is 14.0 Å². The largest absolute Gasteiger partial charge is 0.452 e. The third kappa shape index (κ3) is 4.46. The Balaban J connectivity index is 1.70. The number of nitrogens with one attached hydrogen (secondary N) is 1. The number of amides is 1. The van der Waals surface area contributed by atoms with E-state index in [1.807, 2.05) is 26.0 Å². The molecule has 29 heavy (non-hydrogen) atoms. The summed E-state index contributed by atoms with van der Waals surface area (Å²) in [7, 11) is 0. The number of halogens is 2. The number of carbonyl (C=O) groups excluding carboxylic acids is 2. The minimum atomic E-state index is -0.767. The van der Waals surface area contributed by atoms with Gasteiger partial charge < -0.3 is 10.1 Å². The molecule has 1 heterocycles. The highest BCUT2D eigenvalue weighted by molar-refractivity contribution is 6.33. The number of aryl methyl sites for hydroxylation is 2. The maximum Gasteiger partial charge on any atom is 0.343 e. The Hall–Kier alpha value is -3.19. The smallest absolute Gasteiger partial charge is 0.343 e. The van der Waals surface area contributed by atoms with E-state index in [-0.39, 0.29) is 10.7 Å². The monoisotopic (exact) mass is 415 g/mol. The van der Waals surface area contributed by atoms with Gasteiger partial charge >= 0.3 is 5.97 Å². The molecule has 3 rings (SSSR count). The topological polar surface area (TPSA) is 73.2 Å². The van der Waals surface area contributed by atoms with Crippen molar-refractivity contribution >= 4 is 29.2 Å². The number of hydrogen-bond acceptors (Lipinski definition) is 4. The molecule has 6 nitrogen and oxygen atoms in total. The lowest BCUT2D eigenvalue weighted by Gasteiger charge is -2.10. The number of ether oxygens (including phenoxy) is 1. The van der Waals surface area contributed by atoms with Crippen LogP contribution in [-0.4, -0.2) is 28.3 Å². The summed E-state index contributed by atoms with van der Waals surface area (Å²) in [5.74, 6) is -1.63. The normalized spacial score (nSPS) is 10.7. The molecule has 0 unspecified atom stereocenters. The molecule has 0 fully saturated rings. The quantitative estimate of drug-likeness (QED) is 0.627. The molecule has 150 valence electrons. The molecule has 0 spiro atoms. The predicted octanol–water partition coefficient (Wildman–Crippen LogP) is 4.39. The zero-order chi connectivity index (χ0) is 21.1. The van der Waals surface area contributed by atoms with E-state index < -0.39 is 24.3 Å². The first-order valence-corrected chi connectivity index (χ1v) is 9.20. The second-order valence-electron chi connectivity index (χ2n) is 6.51. The molecular formula is C21H19ClFN3O3. The average molecular weight is 416 g/mol. The fourth-order valence-corrected chi connectivity index (χ4v) is 3.11. The molecule has 0 aliphatic carbocycles. The highest BCUT2D eigenvalue weighted by Crippen LogP contribution is 2.24. The van der Waals surface area contributed by atoms with Crippen molar-refractivity contribution in [1.82, 2.24) is 9.78 Å². The van der Waals surface area contributed by atoms with Gasteiger partial charge in [-0.05, 0) is 62.2 Å². The van der Waals surface area contributed by atoms with Crippen molar-refractivity contribution in [2.45, 2.75) is 20.8 Å². The maximum absolute atomic E-state index is 13.1. The molecule has 0 saturated carbocycles. The van der Waals surface area contributed by atoms with Gasteiger partial charge in [-0.25, -0.2) is 13.9 Å². The predicted molar refractivity (Wildman–Crippen MR) is 108 cm³/mol. The van der Waals surface area contributed by atoms with Crippen LogP contribution in [0.3, 0.4) is 0 Å². The molecule has 8 heteroatoms. The molecule has 0 bridgehead atoms. The van der Waals surface area contributed by atoms with E-state index in [0.29, 0.717) is 17.1 Å². The summed E-state index contributed by atoms with van der Waals surface area (Å²) in [6.45, 7) is 4.96. The van der Waals surface area contributed by atoms with Gasteiger partial charge in [0.15, 0.2) is 6.61 Å². The van der Waals surface area contributed by atoms with Gasteiger partial charge in [0, 0.05) is 5.69 Å². The number of aromatic nitrogens is 2. The summed E-state index contributed by atoms with van der Waals surface area (Å²) in [5, 5.41) is 6.95. The first kappa shape index (κ1) is 20.5. The number of nitrogens with zero attached hydrogens (tertiary/aromatic N) is 2. The van der Waals surface area contributed by atoms with Gasteiger partial charge in [-0.3, -0.25) is 4.79 Å². The number of anilines is 1. The van der Waals surface area contributed by atoms with E-state index in [1.165, 1.54) is 28.9 Å². The number of benzene rings is 2. The van der Waals surface area contributed by atoms with E-state index in [0.717, 1.165) is 11.1 Å².